The Morgan fingerprint density at radius 1 is 1.07 bits per heavy atom. The standard InChI is InChI=1S/C21H21FN4O3/c1-28-16-7-8-19(29-2)18(11-16)26-21-24-12-15(13-25-21)20(27)23-10-9-14-5-3-4-6-17(14)22/h3-8,11-13H,9-10H2,1-2H3,(H,23,27)(H,24,25,26). The molecule has 0 saturated carbocycles. The van der Waals surface area contributed by atoms with E-state index in [0.717, 1.165) is 0 Å². The Hall–Kier alpha value is -3.68. The Labute approximate surface area is 167 Å². The summed E-state index contributed by atoms with van der Waals surface area (Å²) in [5, 5.41) is 5.77. The Kier molecular flexibility index (Phi) is 6.57. The lowest BCUT2D eigenvalue weighted by atomic mass is 10.1. The molecule has 7 nitrogen and oxygen atoms in total. The molecule has 1 heterocycles. The largest absolute Gasteiger partial charge is 0.497 e. The molecule has 0 aliphatic rings. The average Bonchev–Trinajstić information content (AvgIpc) is 2.75. The highest BCUT2D eigenvalue weighted by Crippen LogP contribution is 2.30. The van der Waals surface area contributed by atoms with Crippen molar-refractivity contribution in [1.29, 1.82) is 0 Å². The third kappa shape index (κ3) is 5.19. The minimum atomic E-state index is -0.327. The lowest BCUT2D eigenvalue weighted by Crippen LogP contribution is -2.26. The second-order valence-electron chi connectivity index (χ2n) is 6.08. The van der Waals surface area contributed by atoms with Crippen molar-refractivity contribution >= 4 is 17.5 Å². The van der Waals surface area contributed by atoms with Crippen molar-refractivity contribution in [3.63, 3.8) is 0 Å². The quantitative estimate of drug-likeness (QED) is 0.607. The Balaban J connectivity index is 1.60. The molecule has 3 rings (SSSR count). The number of amides is 1. The number of hydrogen-bond donors (Lipinski definition) is 2. The number of rotatable bonds is 8. The van der Waals surface area contributed by atoms with Crippen molar-refractivity contribution in [1.82, 2.24) is 15.3 Å². The molecular weight excluding hydrogens is 375 g/mol. The molecule has 0 aliphatic carbocycles. The van der Waals surface area contributed by atoms with Gasteiger partial charge in [-0.3, -0.25) is 4.79 Å². The van der Waals surface area contributed by atoms with E-state index < -0.39 is 0 Å². The van der Waals surface area contributed by atoms with Gasteiger partial charge in [-0.1, -0.05) is 18.2 Å². The number of carbonyl (C=O) groups excluding carboxylic acids is 1. The van der Waals surface area contributed by atoms with E-state index in [0.29, 0.717) is 47.2 Å². The molecule has 0 fully saturated rings. The fraction of sp³-hybridized carbons (Fsp3) is 0.190. The summed E-state index contributed by atoms with van der Waals surface area (Å²) < 4.78 is 24.1. The molecule has 0 unspecified atom stereocenters. The first-order valence-corrected chi connectivity index (χ1v) is 8.93. The van der Waals surface area contributed by atoms with Gasteiger partial charge in [-0.05, 0) is 30.2 Å². The maximum atomic E-state index is 13.6. The van der Waals surface area contributed by atoms with Gasteiger partial charge in [-0.2, -0.15) is 0 Å². The molecule has 0 saturated heterocycles. The summed E-state index contributed by atoms with van der Waals surface area (Å²) in [7, 11) is 3.13. The third-order valence-electron chi connectivity index (χ3n) is 4.20. The molecule has 0 radical (unpaired) electrons. The molecule has 0 bridgehead atoms. The fourth-order valence-electron chi connectivity index (χ4n) is 2.66. The second kappa shape index (κ2) is 9.50. The Bertz CT molecular complexity index is 980. The number of anilines is 2. The Morgan fingerprint density at radius 3 is 2.52 bits per heavy atom. The van der Waals surface area contributed by atoms with Crippen molar-refractivity contribution in [2.75, 3.05) is 26.1 Å². The summed E-state index contributed by atoms with van der Waals surface area (Å²) in [4.78, 5) is 20.6. The van der Waals surface area contributed by atoms with Crippen LogP contribution >= 0.6 is 0 Å². The molecule has 150 valence electrons. The molecule has 3 aromatic rings. The maximum Gasteiger partial charge on any atom is 0.254 e. The van der Waals surface area contributed by atoms with E-state index in [4.69, 9.17) is 9.47 Å². The van der Waals surface area contributed by atoms with Crippen LogP contribution in [0.15, 0.2) is 54.9 Å². The van der Waals surface area contributed by atoms with Gasteiger partial charge >= 0.3 is 0 Å². The number of ether oxygens (including phenoxy) is 2. The highest BCUT2D eigenvalue weighted by molar-refractivity contribution is 5.93. The van der Waals surface area contributed by atoms with Crippen LogP contribution in [0.4, 0.5) is 16.0 Å². The number of methoxy groups -OCH3 is 2. The molecule has 8 heteroatoms. The summed E-state index contributed by atoms with van der Waals surface area (Å²) >= 11 is 0. The van der Waals surface area contributed by atoms with Crippen LogP contribution in [0.2, 0.25) is 0 Å². The van der Waals surface area contributed by atoms with Crippen LogP contribution in [0.1, 0.15) is 15.9 Å². The molecule has 1 amide bonds. The van der Waals surface area contributed by atoms with Gasteiger partial charge in [-0.15, -0.1) is 0 Å². The predicted octanol–water partition coefficient (Wildman–Crippen LogP) is 3.35. The normalized spacial score (nSPS) is 10.3. The molecule has 1 aromatic heterocycles. The highest BCUT2D eigenvalue weighted by atomic mass is 19.1. The molecule has 0 atom stereocenters. The zero-order chi connectivity index (χ0) is 20.6. The minimum absolute atomic E-state index is 0.284. The lowest BCUT2D eigenvalue weighted by Gasteiger charge is -2.11. The average molecular weight is 396 g/mol. The van der Waals surface area contributed by atoms with Crippen molar-refractivity contribution in [2.24, 2.45) is 0 Å². The molecule has 2 aromatic carbocycles. The number of nitrogens with zero attached hydrogens (tertiary/aromatic N) is 2. The zero-order valence-electron chi connectivity index (χ0n) is 16.1. The first-order valence-electron chi connectivity index (χ1n) is 8.93. The number of carbonyl (C=O) groups is 1. The number of hydrogen-bond acceptors (Lipinski definition) is 6. The Morgan fingerprint density at radius 2 is 1.83 bits per heavy atom. The van der Waals surface area contributed by atoms with Gasteiger partial charge < -0.3 is 20.1 Å². The van der Waals surface area contributed by atoms with Gasteiger partial charge in [0, 0.05) is 25.0 Å². The summed E-state index contributed by atoms with van der Waals surface area (Å²) in [6, 6.07) is 11.8. The van der Waals surface area contributed by atoms with E-state index in [9.17, 15) is 9.18 Å². The van der Waals surface area contributed by atoms with E-state index in [1.807, 2.05) is 0 Å². The van der Waals surface area contributed by atoms with Crippen molar-refractivity contribution in [3.05, 3.63) is 71.8 Å². The topological polar surface area (TPSA) is 85.4 Å². The SMILES string of the molecule is COc1ccc(OC)c(Nc2ncc(C(=O)NCCc3ccccc3F)cn2)c1. The van der Waals surface area contributed by atoms with Crippen LogP contribution in [0.25, 0.3) is 0 Å². The molecular formula is C21H21FN4O3. The van der Waals surface area contributed by atoms with Gasteiger partial charge in [0.05, 0.1) is 25.5 Å². The first kappa shape index (κ1) is 20.1. The summed E-state index contributed by atoms with van der Waals surface area (Å²) in [5.41, 5.74) is 1.49. The molecule has 2 N–H and O–H groups in total. The van der Waals surface area contributed by atoms with Crippen LogP contribution in [-0.4, -0.2) is 36.6 Å². The zero-order valence-corrected chi connectivity index (χ0v) is 16.1. The second-order valence-corrected chi connectivity index (χ2v) is 6.08. The number of halogens is 1. The fourth-order valence-corrected chi connectivity index (χ4v) is 2.66. The number of nitrogens with one attached hydrogen (secondary N) is 2. The minimum Gasteiger partial charge on any atom is -0.497 e. The molecule has 0 aliphatic heterocycles. The summed E-state index contributed by atoms with van der Waals surface area (Å²) in [6.07, 6.45) is 3.23. The molecule has 29 heavy (non-hydrogen) atoms. The van der Waals surface area contributed by atoms with Crippen LogP contribution in [0, 0.1) is 5.82 Å². The monoisotopic (exact) mass is 396 g/mol. The number of aromatic nitrogens is 2. The maximum absolute atomic E-state index is 13.6. The summed E-state index contributed by atoms with van der Waals surface area (Å²) in [6.45, 7) is 0.306. The highest BCUT2D eigenvalue weighted by Gasteiger charge is 2.10. The smallest absolute Gasteiger partial charge is 0.254 e. The van der Waals surface area contributed by atoms with Crippen molar-refractivity contribution in [2.45, 2.75) is 6.42 Å². The van der Waals surface area contributed by atoms with Gasteiger partial charge in [0.1, 0.15) is 17.3 Å². The van der Waals surface area contributed by atoms with E-state index >= 15 is 0 Å². The lowest BCUT2D eigenvalue weighted by molar-refractivity contribution is 0.0953. The number of benzene rings is 2. The predicted molar refractivity (Wildman–Crippen MR) is 107 cm³/mol. The van der Waals surface area contributed by atoms with Crippen molar-refractivity contribution in [3.8, 4) is 11.5 Å². The van der Waals surface area contributed by atoms with E-state index in [1.165, 1.54) is 18.5 Å². The van der Waals surface area contributed by atoms with Crippen LogP contribution < -0.4 is 20.1 Å². The van der Waals surface area contributed by atoms with Crippen LogP contribution in [0.5, 0.6) is 11.5 Å². The van der Waals surface area contributed by atoms with Gasteiger partial charge in [0.15, 0.2) is 0 Å². The van der Waals surface area contributed by atoms with E-state index in [1.54, 1.807) is 50.6 Å². The van der Waals surface area contributed by atoms with Gasteiger partial charge in [0.25, 0.3) is 5.91 Å². The van der Waals surface area contributed by atoms with Crippen LogP contribution in [-0.2, 0) is 6.42 Å². The van der Waals surface area contributed by atoms with E-state index in [2.05, 4.69) is 20.6 Å². The van der Waals surface area contributed by atoms with Gasteiger partial charge in [-0.25, -0.2) is 14.4 Å². The van der Waals surface area contributed by atoms with Crippen LogP contribution in [0.3, 0.4) is 0 Å². The van der Waals surface area contributed by atoms with Gasteiger partial charge in [0.2, 0.25) is 5.95 Å². The summed E-state index contributed by atoms with van der Waals surface area (Å²) in [5.74, 6) is 0.948. The van der Waals surface area contributed by atoms with E-state index in [-0.39, 0.29) is 11.7 Å². The molecule has 0 spiro atoms. The third-order valence-corrected chi connectivity index (χ3v) is 4.20. The van der Waals surface area contributed by atoms with Crippen molar-refractivity contribution < 1.29 is 18.7 Å². The first-order chi connectivity index (χ1) is 14.1.